The summed E-state index contributed by atoms with van der Waals surface area (Å²) in [5.41, 5.74) is 3.07. The summed E-state index contributed by atoms with van der Waals surface area (Å²) in [5.74, 6) is 0.469. The quantitative estimate of drug-likeness (QED) is 0.448. The number of hydrogen-bond donors (Lipinski definition) is 4. The van der Waals surface area contributed by atoms with Crippen molar-refractivity contribution in [1.29, 1.82) is 0 Å². The molecular formula is C14H19N3O4S. The average molecular weight is 325 g/mol. The predicted molar refractivity (Wildman–Crippen MR) is 85.3 cm³/mol. The number of aliphatic carboxylic acids is 1. The number of aromatic hydroxyl groups is 1. The van der Waals surface area contributed by atoms with E-state index in [9.17, 15) is 9.90 Å². The van der Waals surface area contributed by atoms with Crippen molar-refractivity contribution in [2.24, 2.45) is 5.10 Å². The van der Waals surface area contributed by atoms with Gasteiger partial charge in [-0.1, -0.05) is 0 Å². The van der Waals surface area contributed by atoms with Crippen LogP contribution in [0.15, 0.2) is 23.3 Å². The Balaban J connectivity index is 2.10. The fourth-order valence-electron chi connectivity index (χ4n) is 2.19. The van der Waals surface area contributed by atoms with Crippen molar-refractivity contribution >= 4 is 24.4 Å². The van der Waals surface area contributed by atoms with Crippen LogP contribution in [0.4, 0.5) is 0 Å². The number of nitrogens with one attached hydrogen (secondary N) is 1. The van der Waals surface area contributed by atoms with Crippen LogP contribution >= 0.6 is 12.6 Å². The number of phenolic OH excluding ortho intramolecular Hbond substituents is 1. The number of methoxy groups -OCH3 is 1. The summed E-state index contributed by atoms with van der Waals surface area (Å²) < 4.78 is 5.17. The number of hydrogen-bond acceptors (Lipinski definition) is 7. The lowest BCUT2D eigenvalue weighted by Crippen LogP contribution is -2.37. The highest BCUT2D eigenvalue weighted by Crippen LogP contribution is 2.27. The molecule has 8 heteroatoms. The zero-order valence-corrected chi connectivity index (χ0v) is 13.1. The summed E-state index contributed by atoms with van der Waals surface area (Å²) in [5, 5.41) is 22.9. The van der Waals surface area contributed by atoms with Crippen molar-refractivity contribution < 1.29 is 19.7 Å². The molecule has 1 unspecified atom stereocenters. The van der Waals surface area contributed by atoms with Crippen LogP contribution in [0.1, 0.15) is 24.8 Å². The Labute approximate surface area is 134 Å². The van der Waals surface area contributed by atoms with E-state index in [1.807, 2.05) is 4.90 Å². The molecule has 120 valence electrons. The molecule has 7 nitrogen and oxygen atoms in total. The van der Waals surface area contributed by atoms with Crippen LogP contribution in [-0.2, 0) is 4.79 Å². The number of hydrazone groups is 1. The molecule has 1 aromatic rings. The Bertz CT molecular complexity index is 579. The summed E-state index contributed by atoms with van der Waals surface area (Å²) in [4.78, 5) is 12.4. The Kier molecular flexibility index (Phi) is 5.37. The number of rotatable bonds is 7. The van der Waals surface area contributed by atoms with E-state index in [0.29, 0.717) is 36.5 Å². The van der Waals surface area contributed by atoms with Crippen LogP contribution in [0, 0.1) is 0 Å². The van der Waals surface area contributed by atoms with Crippen LogP contribution in [0.2, 0.25) is 0 Å². The molecule has 1 aromatic carbocycles. The van der Waals surface area contributed by atoms with Crippen LogP contribution in [0.5, 0.6) is 11.5 Å². The molecule has 0 spiro atoms. The maximum Gasteiger partial charge on any atom is 0.303 e. The second-order valence-electron chi connectivity index (χ2n) is 4.87. The number of unbranched alkanes of at least 4 members (excludes halogenated alkanes) is 1. The van der Waals surface area contributed by atoms with E-state index in [1.165, 1.54) is 0 Å². The number of carboxylic acids is 1. The van der Waals surface area contributed by atoms with Crippen molar-refractivity contribution in [3.05, 3.63) is 23.8 Å². The number of amidine groups is 1. The number of phenols is 1. The molecule has 22 heavy (non-hydrogen) atoms. The molecule has 3 N–H and O–H groups in total. The normalized spacial score (nSPS) is 17.1. The molecule has 0 radical (unpaired) electrons. The van der Waals surface area contributed by atoms with Crippen molar-refractivity contribution in [1.82, 2.24) is 10.3 Å². The molecule has 1 atom stereocenters. The van der Waals surface area contributed by atoms with Gasteiger partial charge in [-0.05, 0) is 31.0 Å². The molecule has 0 saturated carbocycles. The highest BCUT2D eigenvalue weighted by Gasteiger charge is 2.27. The van der Waals surface area contributed by atoms with Crippen molar-refractivity contribution in [2.45, 2.75) is 24.8 Å². The predicted octanol–water partition coefficient (Wildman–Crippen LogP) is 1.44. The molecule has 1 aliphatic rings. The summed E-state index contributed by atoms with van der Waals surface area (Å²) in [7, 11) is 1.55. The summed E-state index contributed by atoms with van der Waals surface area (Å²) >= 11 is 4.39. The Morgan fingerprint density at radius 1 is 1.50 bits per heavy atom. The summed E-state index contributed by atoms with van der Waals surface area (Å²) in [6.07, 6.45) is 1.40. The lowest BCUT2D eigenvalue weighted by molar-refractivity contribution is -0.137. The van der Waals surface area contributed by atoms with E-state index in [-0.39, 0.29) is 17.7 Å². The van der Waals surface area contributed by atoms with Crippen LogP contribution < -0.4 is 10.2 Å². The van der Waals surface area contributed by atoms with E-state index in [0.717, 1.165) is 0 Å². The zero-order valence-electron chi connectivity index (χ0n) is 12.2. The van der Waals surface area contributed by atoms with Gasteiger partial charge in [0.25, 0.3) is 0 Å². The third-order valence-corrected chi connectivity index (χ3v) is 3.73. The first-order valence-corrected chi connectivity index (χ1v) is 7.41. The first-order valence-electron chi connectivity index (χ1n) is 6.90. The number of nitrogens with zero attached hydrogens (tertiary/aromatic N) is 2. The van der Waals surface area contributed by atoms with Gasteiger partial charge in [0, 0.05) is 13.0 Å². The third kappa shape index (κ3) is 3.76. The summed E-state index contributed by atoms with van der Waals surface area (Å²) in [6, 6.07) is 4.91. The lowest BCUT2D eigenvalue weighted by Gasteiger charge is -2.24. The van der Waals surface area contributed by atoms with Crippen molar-refractivity contribution in [3.63, 3.8) is 0 Å². The van der Waals surface area contributed by atoms with E-state index >= 15 is 0 Å². The van der Waals surface area contributed by atoms with Gasteiger partial charge in [-0.3, -0.25) is 10.2 Å². The van der Waals surface area contributed by atoms with Crippen molar-refractivity contribution in [2.75, 3.05) is 13.7 Å². The van der Waals surface area contributed by atoms with Gasteiger partial charge in [0.1, 0.15) is 11.5 Å². The lowest BCUT2D eigenvalue weighted by atomic mass is 10.1. The smallest absolute Gasteiger partial charge is 0.303 e. The van der Waals surface area contributed by atoms with Gasteiger partial charge in [-0.25, -0.2) is 0 Å². The van der Waals surface area contributed by atoms with E-state index in [1.54, 1.807) is 25.3 Å². The standard InChI is InChI=1S/C14H19N3O4S/c1-21-9-5-6-11(18)10(8-9)13-15-16-14(22)17(13)7-3-2-4-12(19)20/h5-6,8,14,16,18,22H,2-4,7H2,1H3,(H,19,20). The molecule has 0 bridgehead atoms. The molecule has 0 amide bonds. The van der Waals surface area contributed by atoms with Gasteiger partial charge in [0.05, 0.1) is 12.7 Å². The SMILES string of the molecule is COc1ccc(O)c(C2=NNC(S)N2CCCCC(=O)O)c1. The van der Waals surface area contributed by atoms with Crippen LogP contribution in [-0.4, -0.2) is 46.1 Å². The second kappa shape index (κ2) is 7.26. The zero-order chi connectivity index (χ0) is 16.1. The fraction of sp³-hybridized carbons (Fsp3) is 0.429. The van der Waals surface area contributed by atoms with Gasteiger partial charge >= 0.3 is 5.97 Å². The Morgan fingerprint density at radius 3 is 2.95 bits per heavy atom. The maximum atomic E-state index is 10.5. The Hall–Kier alpha value is -2.09. The fourth-order valence-corrected chi connectivity index (χ4v) is 2.47. The molecular weight excluding hydrogens is 306 g/mol. The minimum Gasteiger partial charge on any atom is -0.507 e. The Morgan fingerprint density at radius 2 is 2.27 bits per heavy atom. The highest BCUT2D eigenvalue weighted by molar-refractivity contribution is 7.80. The molecule has 0 fully saturated rings. The molecule has 0 aromatic heterocycles. The van der Waals surface area contributed by atoms with Gasteiger partial charge in [-0.2, -0.15) is 5.10 Å². The number of carbonyl (C=O) groups is 1. The highest BCUT2D eigenvalue weighted by atomic mass is 32.1. The van der Waals surface area contributed by atoms with Gasteiger partial charge < -0.3 is 19.8 Å². The van der Waals surface area contributed by atoms with Crippen LogP contribution in [0.3, 0.4) is 0 Å². The van der Waals surface area contributed by atoms with Gasteiger partial charge in [0.15, 0.2) is 11.3 Å². The van der Waals surface area contributed by atoms with E-state index in [2.05, 4.69) is 23.2 Å². The third-order valence-electron chi connectivity index (χ3n) is 3.34. The van der Waals surface area contributed by atoms with E-state index in [4.69, 9.17) is 9.84 Å². The molecule has 0 saturated heterocycles. The van der Waals surface area contributed by atoms with E-state index < -0.39 is 5.97 Å². The first kappa shape index (κ1) is 16.3. The monoisotopic (exact) mass is 325 g/mol. The minimum atomic E-state index is -0.804. The first-order chi connectivity index (χ1) is 10.5. The second-order valence-corrected chi connectivity index (χ2v) is 5.35. The molecule has 2 rings (SSSR count). The van der Waals surface area contributed by atoms with Gasteiger partial charge in [-0.15, -0.1) is 12.6 Å². The number of ether oxygens (including phenoxy) is 1. The largest absolute Gasteiger partial charge is 0.507 e. The van der Waals surface area contributed by atoms with Crippen LogP contribution in [0.25, 0.3) is 0 Å². The number of thiol groups is 1. The average Bonchev–Trinajstić information content (AvgIpc) is 2.85. The molecule has 1 heterocycles. The summed E-state index contributed by atoms with van der Waals surface area (Å²) in [6.45, 7) is 0.587. The maximum absolute atomic E-state index is 10.5. The van der Waals surface area contributed by atoms with Crippen molar-refractivity contribution in [3.8, 4) is 11.5 Å². The number of benzene rings is 1. The minimum absolute atomic E-state index is 0.0966. The number of carboxylic acid groups (broad SMARTS) is 1. The molecule has 1 aliphatic heterocycles. The molecule has 0 aliphatic carbocycles. The van der Waals surface area contributed by atoms with Gasteiger partial charge in [0.2, 0.25) is 0 Å². The topological polar surface area (TPSA) is 94.4 Å².